The zero-order valence-electron chi connectivity index (χ0n) is 11.2. The fourth-order valence-corrected chi connectivity index (χ4v) is 1.98. The van der Waals surface area contributed by atoms with Crippen molar-refractivity contribution in [1.29, 1.82) is 5.26 Å². The second-order valence-corrected chi connectivity index (χ2v) is 4.20. The molecule has 0 atom stereocenters. The van der Waals surface area contributed by atoms with E-state index in [1.54, 1.807) is 7.05 Å². The lowest BCUT2D eigenvalue weighted by Gasteiger charge is -2.09. The average Bonchev–Trinajstić information content (AvgIpc) is 2.53. The molecule has 0 saturated carbocycles. The van der Waals surface area contributed by atoms with Gasteiger partial charge in [-0.05, 0) is 5.56 Å². The molecule has 0 spiro atoms. The molecule has 20 heavy (non-hydrogen) atoms. The number of rotatable bonds is 3. The Morgan fingerprint density at radius 2 is 1.45 bits per heavy atom. The van der Waals surface area contributed by atoms with Crippen LogP contribution in [0.3, 0.4) is 0 Å². The Labute approximate surface area is 118 Å². The lowest BCUT2D eigenvalue weighted by atomic mass is 9.98. The van der Waals surface area contributed by atoms with E-state index in [1.165, 1.54) is 0 Å². The molecule has 0 bridgehead atoms. The Morgan fingerprint density at radius 1 is 0.950 bits per heavy atom. The van der Waals surface area contributed by atoms with Crippen LogP contribution in [0.1, 0.15) is 11.1 Å². The van der Waals surface area contributed by atoms with E-state index < -0.39 is 0 Å². The van der Waals surface area contributed by atoms with Crippen LogP contribution >= 0.6 is 0 Å². The van der Waals surface area contributed by atoms with Crippen LogP contribution < -0.4 is 5.73 Å². The van der Waals surface area contributed by atoms with Crippen LogP contribution in [0.4, 0.5) is 0 Å². The number of allylic oxidation sites excluding steroid dienone is 1. The summed E-state index contributed by atoms with van der Waals surface area (Å²) in [7, 11) is 1.66. The summed E-state index contributed by atoms with van der Waals surface area (Å²) in [6.07, 6.45) is 0. The van der Waals surface area contributed by atoms with Crippen molar-refractivity contribution in [1.82, 2.24) is 0 Å². The molecular weight excluding hydrogens is 246 g/mol. The summed E-state index contributed by atoms with van der Waals surface area (Å²) in [5.74, 6) is 0. The zero-order chi connectivity index (χ0) is 14.4. The predicted octanol–water partition coefficient (Wildman–Crippen LogP) is 3.00. The summed E-state index contributed by atoms with van der Waals surface area (Å²) in [5.41, 5.74) is 9.28. The molecule has 0 fully saturated rings. The zero-order valence-corrected chi connectivity index (χ0v) is 11.2. The quantitative estimate of drug-likeness (QED) is 0.682. The van der Waals surface area contributed by atoms with Gasteiger partial charge in [0.05, 0.1) is 11.4 Å². The van der Waals surface area contributed by atoms with Crippen LogP contribution in [0.5, 0.6) is 0 Å². The second kappa shape index (κ2) is 6.35. The number of hydrogen-bond acceptors (Lipinski definition) is 3. The van der Waals surface area contributed by atoms with E-state index in [1.807, 2.05) is 60.7 Å². The number of aliphatic imine (C=N–C) groups is 1. The monoisotopic (exact) mass is 261 g/mol. The number of nitrogens with two attached hydrogens (primary N) is 1. The van der Waals surface area contributed by atoms with Gasteiger partial charge in [-0.25, -0.2) is 0 Å². The predicted molar refractivity (Wildman–Crippen MR) is 82.1 cm³/mol. The highest BCUT2D eigenvalue weighted by atomic mass is 14.7. The molecule has 2 N–H and O–H groups in total. The van der Waals surface area contributed by atoms with Crippen LogP contribution in [0.25, 0.3) is 5.70 Å². The van der Waals surface area contributed by atoms with Gasteiger partial charge in [-0.15, -0.1) is 0 Å². The largest absolute Gasteiger partial charge is 0.397 e. The summed E-state index contributed by atoms with van der Waals surface area (Å²) < 4.78 is 0. The Morgan fingerprint density at radius 3 is 1.90 bits per heavy atom. The highest BCUT2D eigenvalue weighted by Gasteiger charge is 2.13. The molecule has 3 heteroatoms. The summed E-state index contributed by atoms with van der Waals surface area (Å²) in [4.78, 5) is 4.23. The molecule has 0 aromatic heterocycles. The highest BCUT2D eigenvalue weighted by molar-refractivity contribution is 6.18. The Balaban J connectivity index is 2.55. The Hall–Kier alpha value is -2.86. The number of benzene rings is 2. The van der Waals surface area contributed by atoms with E-state index >= 15 is 0 Å². The Bertz CT molecular complexity index is 677. The molecule has 3 nitrogen and oxygen atoms in total. The molecule has 0 heterocycles. The molecule has 2 rings (SSSR count). The molecule has 0 radical (unpaired) electrons. The molecule has 0 aliphatic rings. The van der Waals surface area contributed by atoms with Crippen molar-refractivity contribution in [3.05, 3.63) is 77.4 Å². The summed E-state index contributed by atoms with van der Waals surface area (Å²) in [6, 6.07) is 21.2. The first-order chi connectivity index (χ1) is 9.77. The van der Waals surface area contributed by atoms with E-state index in [2.05, 4.69) is 11.1 Å². The van der Waals surface area contributed by atoms with Crippen LogP contribution in [-0.2, 0) is 0 Å². The second-order valence-electron chi connectivity index (χ2n) is 4.20. The highest BCUT2D eigenvalue weighted by Crippen LogP contribution is 2.17. The number of nitrogens with zero attached hydrogens (tertiary/aromatic N) is 2. The van der Waals surface area contributed by atoms with Crippen molar-refractivity contribution < 1.29 is 0 Å². The first kappa shape index (κ1) is 13.6. The minimum atomic E-state index is 0.393. The van der Waals surface area contributed by atoms with Crippen molar-refractivity contribution in [2.24, 2.45) is 10.7 Å². The first-order valence-corrected chi connectivity index (χ1v) is 6.25. The maximum Gasteiger partial charge on any atom is 0.104 e. The lowest BCUT2D eigenvalue weighted by molar-refractivity contribution is 1.39. The normalized spacial score (nSPS) is 12.5. The average molecular weight is 261 g/mol. The van der Waals surface area contributed by atoms with Crippen LogP contribution in [0.2, 0.25) is 0 Å². The van der Waals surface area contributed by atoms with Crippen LogP contribution in [0, 0.1) is 11.3 Å². The van der Waals surface area contributed by atoms with Gasteiger partial charge in [-0.3, -0.25) is 4.99 Å². The van der Waals surface area contributed by atoms with Gasteiger partial charge < -0.3 is 5.73 Å². The van der Waals surface area contributed by atoms with Crippen molar-refractivity contribution in [3.8, 4) is 6.07 Å². The summed E-state index contributed by atoms with van der Waals surface area (Å²) >= 11 is 0. The molecule has 2 aromatic carbocycles. The van der Waals surface area contributed by atoms with Gasteiger partial charge in [0.2, 0.25) is 0 Å². The molecule has 0 aliphatic heterocycles. The number of hydrogen-bond donors (Lipinski definition) is 1. The van der Waals surface area contributed by atoms with Crippen molar-refractivity contribution in [2.45, 2.75) is 0 Å². The van der Waals surface area contributed by atoms with Gasteiger partial charge in [0, 0.05) is 12.6 Å². The van der Waals surface area contributed by atoms with E-state index in [0.717, 1.165) is 11.1 Å². The van der Waals surface area contributed by atoms with Crippen molar-refractivity contribution >= 4 is 11.4 Å². The fraction of sp³-hybridized carbons (Fsp3) is 0.0588. The van der Waals surface area contributed by atoms with Gasteiger partial charge >= 0.3 is 0 Å². The van der Waals surface area contributed by atoms with E-state index in [0.29, 0.717) is 17.0 Å². The minimum absolute atomic E-state index is 0.393. The topological polar surface area (TPSA) is 62.2 Å². The van der Waals surface area contributed by atoms with Gasteiger partial charge in [-0.1, -0.05) is 60.7 Å². The molecule has 98 valence electrons. The van der Waals surface area contributed by atoms with E-state index in [-0.39, 0.29) is 0 Å². The van der Waals surface area contributed by atoms with Gasteiger partial charge in [0.1, 0.15) is 11.6 Å². The van der Waals surface area contributed by atoms with Crippen molar-refractivity contribution in [3.63, 3.8) is 0 Å². The maximum absolute atomic E-state index is 9.45. The summed E-state index contributed by atoms with van der Waals surface area (Å²) in [6.45, 7) is 0. The van der Waals surface area contributed by atoms with E-state index in [9.17, 15) is 5.26 Å². The van der Waals surface area contributed by atoms with Crippen LogP contribution in [0.15, 0.2) is 71.2 Å². The van der Waals surface area contributed by atoms with E-state index in [4.69, 9.17) is 5.73 Å². The Kier molecular flexibility index (Phi) is 4.31. The molecule has 0 aliphatic carbocycles. The SMILES string of the molecule is CN=C(C(C#N)=C(N)c1ccccc1)c1ccccc1. The van der Waals surface area contributed by atoms with Crippen molar-refractivity contribution in [2.75, 3.05) is 7.05 Å². The minimum Gasteiger partial charge on any atom is -0.397 e. The first-order valence-electron chi connectivity index (χ1n) is 6.25. The molecule has 0 unspecified atom stereocenters. The fourth-order valence-electron chi connectivity index (χ4n) is 1.98. The number of nitriles is 1. The molecule has 0 amide bonds. The van der Waals surface area contributed by atoms with Gasteiger partial charge in [0.15, 0.2) is 0 Å². The maximum atomic E-state index is 9.45. The molecular formula is C17H15N3. The lowest BCUT2D eigenvalue weighted by Crippen LogP contribution is -2.11. The third-order valence-corrected chi connectivity index (χ3v) is 2.97. The molecule has 0 saturated heterocycles. The smallest absolute Gasteiger partial charge is 0.104 e. The van der Waals surface area contributed by atoms with Crippen LogP contribution in [-0.4, -0.2) is 12.8 Å². The third kappa shape index (κ3) is 2.76. The van der Waals surface area contributed by atoms with Gasteiger partial charge in [-0.2, -0.15) is 5.26 Å². The summed E-state index contributed by atoms with van der Waals surface area (Å²) in [5, 5.41) is 9.45. The standard InChI is InChI=1S/C17H15N3/c1-20-17(14-10-6-3-7-11-14)15(12-18)16(19)13-8-4-2-5-9-13/h2-11H,19H2,1H3. The molecule has 2 aromatic rings. The third-order valence-electron chi connectivity index (χ3n) is 2.97. The van der Waals surface area contributed by atoms with Gasteiger partial charge in [0.25, 0.3) is 0 Å².